The number of hydrogen-bond acceptors (Lipinski definition) is 2. The molecule has 16 heavy (non-hydrogen) atoms. The Kier molecular flexibility index (Phi) is 3.76. The molecule has 0 atom stereocenters. The highest BCUT2D eigenvalue weighted by Crippen LogP contribution is 2.13. The van der Waals surface area contributed by atoms with Gasteiger partial charge in [-0.25, -0.2) is 0 Å². The standard InChI is InChI=1S/C10H11F3N2O/c11-10(12,13)6-15-9(16)5-7-3-1-2-4-8(7)14/h1-4H,5-6,14H2,(H,15,16). The van der Waals surface area contributed by atoms with Gasteiger partial charge in [0.1, 0.15) is 6.54 Å². The molecule has 0 saturated carbocycles. The lowest BCUT2D eigenvalue weighted by atomic mass is 10.1. The largest absolute Gasteiger partial charge is 0.405 e. The zero-order chi connectivity index (χ0) is 12.2. The van der Waals surface area contributed by atoms with E-state index in [-0.39, 0.29) is 6.42 Å². The van der Waals surface area contributed by atoms with Gasteiger partial charge in [-0.05, 0) is 11.6 Å². The minimum atomic E-state index is -4.39. The molecule has 0 aromatic heterocycles. The van der Waals surface area contributed by atoms with Crippen LogP contribution >= 0.6 is 0 Å². The summed E-state index contributed by atoms with van der Waals surface area (Å²) in [6.45, 7) is -1.32. The number of alkyl halides is 3. The highest BCUT2D eigenvalue weighted by atomic mass is 19.4. The van der Waals surface area contributed by atoms with Crippen LogP contribution in [0.4, 0.5) is 18.9 Å². The van der Waals surface area contributed by atoms with Crippen LogP contribution in [0.5, 0.6) is 0 Å². The number of nitrogens with one attached hydrogen (secondary N) is 1. The molecule has 0 saturated heterocycles. The smallest absolute Gasteiger partial charge is 0.398 e. The van der Waals surface area contributed by atoms with E-state index < -0.39 is 18.6 Å². The molecule has 0 unspecified atom stereocenters. The first kappa shape index (κ1) is 12.4. The maximum Gasteiger partial charge on any atom is 0.405 e. The average Bonchev–Trinajstić information content (AvgIpc) is 2.18. The summed E-state index contributed by atoms with van der Waals surface area (Å²) < 4.78 is 35.4. The van der Waals surface area contributed by atoms with E-state index in [9.17, 15) is 18.0 Å². The number of para-hydroxylation sites is 1. The molecule has 1 amide bonds. The molecule has 0 bridgehead atoms. The SMILES string of the molecule is Nc1ccccc1CC(=O)NCC(F)(F)F. The lowest BCUT2D eigenvalue weighted by Crippen LogP contribution is -2.34. The number of hydrogen-bond donors (Lipinski definition) is 2. The molecule has 0 aliphatic carbocycles. The molecule has 0 spiro atoms. The minimum absolute atomic E-state index is 0.150. The van der Waals surface area contributed by atoms with Crippen LogP contribution in [0.15, 0.2) is 24.3 Å². The maximum atomic E-state index is 11.8. The number of nitrogen functional groups attached to an aromatic ring is 1. The van der Waals surface area contributed by atoms with Crippen LogP contribution in [0.25, 0.3) is 0 Å². The summed E-state index contributed by atoms with van der Waals surface area (Å²) in [7, 11) is 0. The van der Waals surface area contributed by atoms with Gasteiger partial charge < -0.3 is 11.1 Å². The van der Waals surface area contributed by atoms with Crippen LogP contribution in [0.1, 0.15) is 5.56 Å². The summed E-state index contributed by atoms with van der Waals surface area (Å²) in [5.74, 6) is -0.699. The number of carbonyl (C=O) groups excluding carboxylic acids is 1. The second-order valence-electron chi connectivity index (χ2n) is 3.27. The molecule has 3 nitrogen and oxygen atoms in total. The minimum Gasteiger partial charge on any atom is -0.398 e. The molecule has 0 aliphatic heterocycles. The fourth-order valence-corrected chi connectivity index (χ4v) is 1.13. The molecule has 0 aliphatic rings. The van der Waals surface area contributed by atoms with Crippen LogP contribution < -0.4 is 11.1 Å². The molecule has 0 fully saturated rings. The van der Waals surface area contributed by atoms with Crippen LogP contribution in [0.3, 0.4) is 0 Å². The third kappa shape index (κ3) is 4.20. The summed E-state index contributed by atoms with van der Waals surface area (Å²) in [5, 5.41) is 1.78. The summed E-state index contributed by atoms with van der Waals surface area (Å²) in [5.41, 5.74) is 6.46. The number of benzene rings is 1. The van der Waals surface area contributed by atoms with E-state index in [1.54, 1.807) is 29.6 Å². The molecule has 6 heteroatoms. The number of nitrogens with two attached hydrogens (primary N) is 1. The summed E-state index contributed by atoms with van der Waals surface area (Å²) in [6, 6.07) is 6.55. The van der Waals surface area contributed by atoms with E-state index in [1.807, 2.05) is 0 Å². The van der Waals surface area contributed by atoms with Gasteiger partial charge >= 0.3 is 6.18 Å². The van der Waals surface area contributed by atoms with Crippen molar-refractivity contribution >= 4 is 11.6 Å². The number of carbonyl (C=O) groups is 1. The Bertz CT molecular complexity index is 377. The van der Waals surface area contributed by atoms with Crippen molar-refractivity contribution in [2.24, 2.45) is 0 Å². The Balaban J connectivity index is 2.50. The van der Waals surface area contributed by atoms with E-state index >= 15 is 0 Å². The Morgan fingerprint density at radius 2 is 1.94 bits per heavy atom. The third-order valence-electron chi connectivity index (χ3n) is 1.89. The number of rotatable bonds is 3. The molecular weight excluding hydrogens is 221 g/mol. The highest BCUT2D eigenvalue weighted by Gasteiger charge is 2.27. The summed E-state index contributed by atoms with van der Waals surface area (Å²) in [6.07, 6.45) is -4.54. The molecule has 1 rings (SSSR count). The van der Waals surface area contributed by atoms with Gasteiger partial charge in [-0.3, -0.25) is 4.79 Å². The van der Waals surface area contributed by atoms with Crippen molar-refractivity contribution in [3.8, 4) is 0 Å². The first-order chi connectivity index (χ1) is 7.38. The van der Waals surface area contributed by atoms with E-state index in [0.29, 0.717) is 11.3 Å². The monoisotopic (exact) mass is 232 g/mol. The number of amides is 1. The molecule has 88 valence electrons. The maximum absolute atomic E-state index is 11.8. The van der Waals surface area contributed by atoms with Crippen molar-refractivity contribution in [1.82, 2.24) is 5.32 Å². The van der Waals surface area contributed by atoms with Crippen molar-refractivity contribution < 1.29 is 18.0 Å². The molecule has 0 heterocycles. The Morgan fingerprint density at radius 1 is 1.31 bits per heavy atom. The van der Waals surface area contributed by atoms with E-state index in [0.717, 1.165) is 0 Å². The van der Waals surface area contributed by atoms with Gasteiger partial charge in [0.05, 0.1) is 6.42 Å². The lowest BCUT2D eigenvalue weighted by Gasteiger charge is -2.09. The Labute approximate surface area is 90.4 Å². The first-order valence-corrected chi connectivity index (χ1v) is 4.55. The van der Waals surface area contributed by atoms with Crippen molar-refractivity contribution in [3.63, 3.8) is 0 Å². The first-order valence-electron chi connectivity index (χ1n) is 4.55. The fourth-order valence-electron chi connectivity index (χ4n) is 1.13. The average molecular weight is 232 g/mol. The predicted octanol–water partition coefficient (Wildman–Crippen LogP) is 1.49. The Hall–Kier alpha value is -1.72. The van der Waals surface area contributed by atoms with Crippen LogP contribution in [0, 0.1) is 0 Å². The fraction of sp³-hybridized carbons (Fsp3) is 0.300. The normalized spacial score (nSPS) is 11.2. The van der Waals surface area contributed by atoms with Gasteiger partial charge in [0, 0.05) is 5.69 Å². The molecule has 0 radical (unpaired) electrons. The van der Waals surface area contributed by atoms with Crippen LogP contribution in [-0.2, 0) is 11.2 Å². The van der Waals surface area contributed by atoms with Gasteiger partial charge in [-0.2, -0.15) is 13.2 Å². The molecule has 1 aromatic carbocycles. The second kappa shape index (κ2) is 4.87. The summed E-state index contributed by atoms with van der Waals surface area (Å²) >= 11 is 0. The lowest BCUT2D eigenvalue weighted by molar-refractivity contribution is -0.138. The Morgan fingerprint density at radius 3 is 2.50 bits per heavy atom. The molecule has 3 N–H and O–H groups in total. The number of halogens is 3. The van der Waals surface area contributed by atoms with Crippen molar-refractivity contribution in [2.45, 2.75) is 12.6 Å². The summed E-state index contributed by atoms with van der Waals surface area (Å²) in [4.78, 5) is 11.1. The van der Waals surface area contributed by atoms with Crippen LogP contribution in [-0.4, -0.2) is 18.6 Å². The zero-order valence-corrected chi connectivity index (χ0v) is 8.34. The van der Waals surface area contributed by atoms with Crippen LogP contribution in [0.2, 0.25) is 0 Å². The topological polar surface area (TPSA) is 55.1 Å². The second-order valence-corrected chi connectivity index (χ2v) is 3.27. The van der Waals surface area contributed by atoms with E-state index in [1.165, 1.54) is 0 Å². The third-order valence-corrected chi connectivity index (χ3v) is 1.89. The molecule has 1 aromatic rings. The predicted molar refractivity (Wildman–Crippen MR) is 53.6 cm³/mol. The van der Waals surface area contributed by atoms with E-state index in [4.69, 9.17) is 5.73 Å². The van der Waals surface area contributed by atoms with Gasteiger partial charge in [0.2, 0.25) is 5.91 Å². The van der Waals surface area contributed by atoms with Gasteiger partial charge in [-0.15, -0.1) is 0 Å². The molecular formula is C10H11F3N2O. The zero-order valence-electron chi connectivity index (χ0n) is 8.34. The van der Waals surface area contributed by atoms with Crippen molar-refractivity contribution in [2.75, 3.05) is 12.3 Å². The highest BCUT2D eigenvalue weighted by molar-refractivity contribution is 5.80. The number of anilines is 1. The van der Waals surface area contributed by atoms with E-state index in [2.05, 4.69) is 0 Å². The van der Waals surface area contributed by atoms with Gasteiger partial charge in [0.25, 0.3) is 0 Å². The quantitative estimate of drug-likeness (QED) is 0.776. The van der Waals surface area contributed by atoms with Crippen molar-refractivity contribution in [1.29, 1.82) is 0 Å². The van der Waals surface area contributed by atoms with Gasteiger partial charge in [-0.1, -0.05) is 18.2 Å². The van der Waals surface area contributed by atoms with Gasteiger partial charge in [0.15, 0.2) is 0 Å². The van der Waals surface area contributed by atoms with Crippen molar-refractivity contribution in [3.05, 3.63) is 29.8 Å².